The normalized spacial score (nSPS) is 23.0. The summed E-state index contributed by atoms with van der Waals surface area (Å²) in [6.07, 6.45) is 0.336. The quantitative estimate of drug-likeness (QED) is 0.831. The summed E-state index contributed by atoms with van der Waals surface area (Å²) in [7, 11) is -3.81. The van der Waals surface area contributed by atoms with Crippen LogP contribution in [0.5, 0.6) is 0 Å². The molecule has 0 radical (unpaired) electrons. The van der Waals surface area contributed by atoms with E-state index in [0.29, 0.717) is 11.8 Å². The second-order valence-corrected chi connectivity index (χ2v) is 7.95. The molecule has 7 heteroatoms. The lowest BCUT2D eigenvalue weighted by Crippen LogP contribution is -2.43. The first-order chi connectivity index (χ1) is 10.4. The van der Waals surface area contributed by atoms with Crippen LogP contribution >= 0.6 is 12.6 Å². The highest BCUT2D eigenvalue weighted by Crippen LogP contribution is 2.31. The van der Waals surface area contributed by atoms with Crippen LogP contribution in [0.25, 0.3) is 10.8 Å². The summed E-state index contributed by atoms with van der Waals surface area (Å²) in [5.41, 5.74) is 5.36. The zero-order valence-corrected chi connectivity index (χ0v) is 13.4. The zero-order valence-electron chi connectivity index (χ0n) is 11.7. The van der Waals surface area contributed by atoms with Gasteiger partial charge in [-0.15, -0.1) is 0 Å². The average molecular weight is 336 g/mol. The van der Waals surface area contributed by atoms with E-state index in [1.807, 2.05) is 18.2 Å². The summed E-state index contributed by atoms with van der Waals surface area (Å²) in [5, 5.41) is 1.28. The van der Waals surface area contributed by atoms with Crippen LogP contribution < -0.4 is 5.73 Å². The number of rotatable bonds is 3. The molecule has 0 spiro atoms. The van der Waals surface area contributed by atoms with E-state index in [9.17, 15) is 13.2 Å². The Labute approximate surface area is 134 Å². The summed E-state index contributed by atoms with van der Waals surface area (Å²) in [6.45, 7) is 0.183. The fourth-order valence-corrected chi connectivity index (χ4v) is 5.21. The van der Waals surface area contributed by atoms with Crippen molar-refractivity contribution in [3.05, 3.63) is 42.5 Å². The number of sulfonamides is 1. The van der Waals surface area contributed by atoms with E-state index in [1.54, 1.807) is 24.3 Å². The third-order valence-electron chi connectivity index (χ3n) is 3.90. The Bertz CT molecular complexity index is 830. The van der Waals surface area contributed by atoms with Gasteiger partial charge >= 0.3 is 0 Å². The van der Waals surface area contributed by atoms with Gasteiger partial charge in [0.1, 0.15) is 6.04 Å². The Morgan fingerprint density at radius 1 is 1.18 bits per heavy atom. The molecule has 3 rings (SSSR count). The first kappa shape index (κ1) is 15.3. The molecule has 0 bridgehead atoms. The number of nitrogens with two attached hydrogens (primary N) is 1. The maximum absolute atomic E-state index is 13.0. The van der Waals surface area contributed by atoms with Crippen LogP contribution in [-0.2, 0) is 14.8 Å². The average Bonchev–Trinajstić information content (AvgIpc) is 2.90. The van der Waals surface area contributed by atoms with Crippen molar-refractivity contribution in [2.45, 2.75) is 22.6 Å². The molecule has 1 amide bonds. The van der Waals surface area contributed by atoms with Crippen molar-refractivity contribution in [2.24, 2.45) is 5.73 Å². The first-order valence-electron chi connectivity index (χ1n) is 6.88. The number of carbonyl (C=O) groups is 1. The standard InChI is InChI=1S/C15H16N2O3S2/c16-15(18)13-8-11(21)9-17(13)22(19,20)14-7-3-5-10-4-1-2-6-12(10)14/h1-7,11,13,21H,8-9H2,(H2,16,18)/t11-,13-/m0/s1. The van der Waals surface area contributed by atoms with Crippen LogP contribution in [0.2, 0.25) is 0 Å². The minimum absolute atomic E-state index is 0.183. The molecule has 2 aromatic carbocycles. The molecule has 116 valence electrons. The lowest BCUT2D eigenvalue weighted by molar-refractivity contribution is -0.121. The van der Waals surface area contributed by atoms with Crippen LogP contribution in [0.1, 0.15) is 6.42 Å². The highest BCUT2D eigenvalue weighted by Gasteiger charge is 2.42. The third kappa shape index (κ3) is 2.49. The van der Waals surface area contributed by atoms with Gasteiger partial charge in [-0.3, -0.25) is 4.79 Å². The molecule has 2 aromatic rings. The maximum atomic E-state index is 13.0. The molecular formula is C15H16N2O3S2. The second kappa shape index (κ2) is 5.57. The Balaban J connectivity index is 2.14. The first-order valence-corrected chi connectivity index (χ1v) is 8.84. The molecule has 1 saturated heterocycles. The topological polar surface area (TPSA) is 80.5 Å². The van der Waals surface area contributed by atoms with Gasteiger partial charge in [-0.25, -0.2) is 8.42 Å². The fraction of sp³-hybridized carbons (Fsp3) is 0.267. The van der Waals surface area contributed by atoms with Gasteiger partial charge < -0.3 is 5.73 Å². The van der Waals surface area contributed by atoms with Crippen molar-refractivity contribution in [1.29, 1.82) is 0 Å². The van der Waals surface area contributed by atoms with Crippen molar-refractivity contribution in [1.82, 2.24) is 4.31 Å². The highest BCUT2D eigenvalue weighted by molar-refractivity contribution is 7.89. The summed E-state index contributed by atoms with van der Waals surface area (Å²) in [4.78, 5) is 11.8. The van der Waals surface area contributed by atoms with E-state index >= 15 is 0 Å². The van der Waals surface area contributed by atoms with Gasteiger partial charge in [-0.1, -0.05) is 36.4 Å². The van der Waals surface area contributed by atoms with Gasteiger partial charge in [0.05, 0.1) is 4.90 Å². The van der Waals surface area contributed by atoms with E-state index in [0.717, 1.165) is 5.39 Å². The number of nitrogens with zero attached hydrogens (tertiary/aromatic N) is 1. The minimum atomic E-state index is -3.81. The Morgan fingerprint density at radius 3 is 2.59 bits per heavy atom. The molecular weight excluding hydrogens is 320 g/mol. The van der Waals surface area contributed by atoms with Crippen molar-refractivity contribution >= 4 is 39.3 Å². The molecule has 22 heavy (non-hydrogen) atoms. The highest BCUT2D eigenvalue weighted by atomic mass is 32.2. The number of amides is 1. The molecule has 5 nitrogen and oxygen atoms in total. The number of carbonyl (C=O) groups excluding carboxylic acids is 1. The van der Waals surface area contributed by atoms with Crippen molar-refractivity contribution in [3.8, 4) is 0 Å². The predicted molar refractivity (Wildman–Crippen MR) is 88.2 cm³/mol. The van der Waals surface area contributed by atoms with E-state index < -0.39 is 22.0 Å². The van der Waals surface area contributed by atoms with Gasteiger partial charge in [0.2, 0.25) is 15.9 Å². The van der Waals surface area contributed by atoms with Crippen LogP contribution in [-0.4, -0.2) is 36.5 Å². The smallest absolute Gasteiger partial charge is 0.244 e. The SMILES string of the molecule is NC(=O)[C@@H]1C[C@H](S)CN1S(=O)(=O)c1cccc2ccccc12. The van der Waals surface area contributed by atoms with Crippen LogP contribution in [0, 0.1) is 0 Å². The number of thiol groups is 1. The van der Waals surface area contributed by atoms with E-state index in [2.05, 4.69) is 12.6 Å². The summed E-state index contributed by atoms with van der Waals surface area (Å²) >= 11 is 4.31. The number of hydrogen-bond acceptors (Lipinski definition) is 4. The molecule has 0 unspecified atom stereocenters. The second-order valence-electron chi connectivity index (χ2n) is 5.36. The summed E-state index contributed by atoms with van der Waals surface area (Å²) in [6, 6.07) is 11.5. The number of fused-ring (bicyclic) bond motifs is 1. The molecule has 1 heterocycles. The Hall–Kier alpha value is -1.57. The Kier molecular flexibility index (Phi) is 3.88. The molecule has 0 saturated carbocycles. The van der Waals surface area contributed by atoms with Gasteiger partial charge in [-0.2, -0.15) is 16.9 Å². The lowest BCUT2D eigenvalue weighted by atomic mass is 10.1. The fourth-order valence-electron chi connectivity index (χ4n) is 2.86. The van der Waals surface area contributed by atoms with E-state index in [4.69, 9.17) is 5.73 Å². The molecule has 0 aliphatic carbocycles. The van der Waals surface area contributed by atoms with Crippen LogP contribution in [0.15, 0.2) is 47.4 Å². The zero-order chi connectivity index (χ0) is 15.9. The number of hydrogen-bond donors (Lipinski definition) is 2. The molecule has 2 atom stereocenters. The largest absolute Gasteiger partial charge is 0.368 e. The van der Waals surface area contributed by atoms with Crippen molar-refractivity contribution < 1.29 is 13.2 Å². The van der Waals surface area contributed by atoms with Crippen LogP contribution in [0.4, 0.5) is 0 Å². The Morgan fingerprint density at radius 2 is 1.86 bits per heavy atom. The molecule has 2 N–H and O–H groups in total. The van der Waals surface area contributed by atoms with E-state index in [1.165, 1.54) is 4.31 Å². The predicted octanol–water partition coefficient (Wildman–Crippen LogP) is 1.39. The number of benzene rings is 2. The minimum Gasteiger partial charge on any atom is -0.368 e. The van der Waals surface area contributed by atoms with Crippen molar-refractivity contribution in [3.63, 3.8) is 0 Å². The van der Waals surface area contributed by atoms with Crippen LogP contribution in [0.3, 0.4) is 0 Å². The maximum Gasteiger partial charge on any atom is 0.244 e. The molecule has 0 aromatic heterocycles. The van der Waals surface area contributed by atoms with E-state index in [-0.39, 0.29) is 16.7 Å². The van der Waals surface area contributed by atoms with Gasteiger partial charge in [-0.05, 0) is 17.9 Å². The lowest BCUT2D eigenvalue weighted by Gasteiger charge is -2.22. The summed E-state index contributed by atoms with van der Waals surface area (Å²) in [5.74, 6) is -0.639. The third-order valence-corrected chi connectivity index (χ3v) is 6.21. The monoisotopic (exact) mass is 336 g/mol. The van der Waals surface area contributed by atoms with Gasteiger partial charge in [0.15, 0.2) is 0 Å². The number of primary amides is 1. The molecule has 1 fully saturated rings. The molecule has 1 aliphatic heterocycles. The van der Waals surface area contributed by atoms with Gasteiger partial charge in [0, 0.05) is 17.2 Å². The van der Waals surface area contributed by atoms with Gasteiger partial charge in [0.25, 0.3) is 0 Å². The molecule has 1 aliphatic rings. The summed E-state index contributed by atoms with van der Waals surface area (Å²) < 4.78 is 27.2. The van der Waals surface area contributed by atoms with Crippen molar-refractivity contribution in [2.75, 3.05) is 6.54 Å².